The summed E-state index contributed by atoms with van der Waals surface area (Å²) in [4.78, 5) is 14.9. The molecule has 5 nitrogen and oxygen atoms in total. The lowest BCUT2D eigenvalue weighted by atomic mass is 9.84. The monoisotopic (exact) mass is 376 g/mol. The van der Waals surface area contributed by atoms with E-state index in [2.05, 4.69) is 27.3 Å². The van der Waals surface area contributed by atoms with Gasteiger partial charge in [-0.2, -0.15) is 5.10 Å². The Morgan fingerprint density at radius 2 is 2.17 bits per heavy atom. The molecule has 0 aromatic carbocycles. The van der Waals surface area contributed by atoms with Crippen molar-refractivity contribution in [2.45, 2.75) is 51.5 Å². The highest BCUT2D eigenvalue weighted by Crippen LogP contribution is 2.32. The van der Waals surface area contributed by atoms with Crippen molar-refractivity contribution in [2.24, 2.45) is 11.8 Å². The molecule has 138 valence electrons. The molecule has 1 aromatic rings. The fourth-order valence-electron chi connectivity index (χ4n) is 3.94. The molecule has 3 atom stereocenters. The maximum Gasteiger partial charge on any atom is 0.223 e. The average Bonchev–Trinajstić information content (AvgIpc) is 3.10. The predicted octanol–water partition coefficient (Wildman–Crippen LogP) is 3.33. The van der Waals surface area contributed by atoms with Crippen LogP contribution in [0.3, 0.4) is 0 Å². The topological polar surface area (TPSA) is 61.0 Å². The van der Waals surface area contributed by atoms with Gasteiger partial charge in [0.1, 0.15) is 0 Å². The summed E-state index contributed by atoms with van der Waals surface area (Å²) in [6, 6.07) is 0.219. The van der Waals surface area contributed by atoms with Crippen LogP contribution in [0.5, 0.6) is 0 Å². The number of nitrogens with zero attached hydrogens (tertiary/aromatic N) is 2. The van der Waals surface area contributed by atoms with E-state index in [-0.39, 0.29) is 30.9 Å². The number of hydrogen-bond acceptors (Lipinski definition) is 3. The highest BCUT2D eigenvalue weighted by molar-refractivity contribution is 5.85. The van der Waals surface area contributed by atoms with Crippen molar-refractivity contribution in [3.63, 3.8) is 0 Å². The highest BCUT2D eigenvalue weighted by atomic mass is 35.5. The third-order valence-corrected chi connectivity index (χ3v) is 5.36. The van der Waals surface area contributed by atoms with E-state index in [0.29, 0.717) is 24.2 Å². The smallest absolute Gasteiger partial charge is 0.223 e. The minimum atomic E-state index is 0. The molecule has 0 saturated carbocycles. The minimum absolute atomic E-state index is 0. The SMILES string of the molecule is CC(CC(=O)N1CCCCC1c1cn[nH]c1)C1CCCNC1.Cl.Cl. The first kappa shape index (κ1) is 21.3. The second-order valence-electron chi connectivity index (χ2n) is 6.92. The summed E-state index contributed by atoms with van der Waals surface area (Å²) in [6.07, 6.45) is 10.4. The number of rotatable bonds is 4. The number of carbonyl (C=O) groups is 1. The molecule has 2 aliphatic heterocycles. The number of likely N-dealkylation sites (tertiary alicyclic amines) is 1. The summed E-state index contributed by atoms with van der Waals surface area (Å²) < 4.78 is 0. The molecule has 1 aromatic heterocycles. The zero-order valence-electron chi connectivity index (χ0n) is 14.4. The van der Waals surface area contributed by atoms with Crippen LogP contribution in [-0.4, -0.2) is 40.6 Å². The molecule has 3 unspecified atom stereocenters. The van der Waals surface area contributed by atoms with Gasteiger partial charge < -0.3 is 10.2 Å². The standard InChI is InChI=1S/C17H28N4O.2ClH/c1-13(14-5-4-7-18-10-14)9-17(22)21-8-3-2-6-16(21)15-11-19-20-12-15;;/h11-14,16,18H,2-10H2,1H3,(H,19,20);2*1H. The third-order valence-electron chi connectivity index (χ3n) is 5.36. The molecule has 0 radical (unpaired) electrons. The minimum Gasteiger partial charge on any atom is -0.336 e. The van der Waals surface area contributed by atoms with Gasteiger partial charge in [0.05, 0.1) is 12.2 Å². The van der Waals surface area contributed by atoms with Gasteiger partial charge in [-0.3, -0.25) is 9.89 Å². The first-order valence-corrected chi connectivity index (χ1v) is 8.74. The van der Waals surface area contributed by atoms with E-state index in [4.69, 9.17) is 0 Å². The third kappa shape index (κ3) is 5.11. The Balaban J connectivity index is 0.00000144. The van der Waals surface area contributed by atoms with Crippen LogP contribution in [0.2, 0.25) is 0 Å². The van der Waals surface area contributed by atoms with E-state index < -0.39 is 0 Å². The van der Waals surface area contributed by atoms with E-state index in [9.17, 15) is 4.79 Å². The molecule has 0 aliphatic carbocycles. The van der Waals surface area contributed by atoms with Crippen LogP contribution >= 0.6 is 24.8 Å². The highest BCUT2D eigenvalue weighted by Gasteiger charge is 2.30. The molecular weight excluding hydrogens is 347 g/mol. The van der Waals surface area contributed by atoms with Gasteiger partial charge in [0.2, 0.25) is 5.91 Å². The molecule has 2 fully saturated rings. The van der Waals surface area contributed by atoms with Gasteiger partial charge in [0, 0.05) is 24.7 Å². The van der Waals surface area contributed by atoms with E-state index in [1.807, 2.05) is 12.4 Å². The number of nitrogens with one attached hydrogen (secondary N) is 2. The van der Waals surface area contributed by atoms with Gasteiger partial charge in [-0.15, -0.1) is 24.8 Å². The Kier molecular flexibility index (Phi) is 9.09. The van der Waals surface area contributed by atoms with E-state index in [0.717, 1.165) is 38.0 Å². The van der Waals surface area contributed by atoms with E-state index in [1.165, 1.54) is 19.3 Å². The molecule has 2 aliphatic rings. The van der Waals surface area contributed by atoms with Crippen molar-refractivity contribution in [3.8, 4) is 0 Å². The lowest BCUT2D eigenvalue weighted by molar-refractivity contribution is -0.136. The molecule has 0 spiro atoms. The number of piperidine rings is 2. The fraction of sp³-hybridized carbons (Fsp3) is 0.765. The van der Waals surface area contributed by atoms with Crippen molar-refractivity contribution in [2.75, 3.05) is 19.6 Å². The zero-order chi connectivity index (χ0) is 15.4. The van der Waals surface area contributed by atoms with Crippen LogP contribution < -0.4 is 5.32 Å². The van der Waals surface area contributed by atoms with Crippen molar-refractivity contribution in [1.29, 1.82) is 0 Å². The van der Waals surface area contributed by atoms with Crippen LogP contribution in [-0.2, 0) is 4.79 Å². The van der Waals surface area contributed by atoms with Crippen LogP contribution in [0.1, 0.15) is 57.1 Å². The first-order valence-electron chi connectivity index (χ1n) is 8.74. The number of halogens is 2. The van der Waals surface area contributed by atoms with Gasteiger partial charge in [-0.25, -0.2) is 0 Å². The van der Waals surface area contributed by atoms with Gasteiger partial charge >= 0.3 is 0 Å². The maximum absolute atomic E-state index is 12.8. The molecular formula is C17H30Cl2N4O. The van der Waals surface area contributed by atoms with Crippen molar-refractivity contribution >= 4 is 30.7 Å². The van der Waals surface area contributed by atoms with E-state index in [1.54, 1.807) is 0 Å². The first-order chi connectivity index (χ1) is 10.8. The summed E-state index contributed by atoms with van der Waals surface area (Å²) in [5.74, 6) is 1.44. The average molecular weight is 377 g/mol. The van der Waals surface area contributed by atoms with Crippen LogP contribution in [0.25, 0.3) is 0 Å². The van der Waals surface area contributed by atoms with Crippen molar-refractivity contribution < 1.29 is 4.79 Å². The Labute approximate surface area is 157 Å². The van der Waals surface area contributed by atoms with Crippen molar-refractivity contribution in [1.82, 2.24) is 20.4 Å². The van der Waals surface area contributed by atoms with Crippen molar-refractivity contribution in [3.05, 3.63) is 18.0 Å². The predicted molar refractivity (Wildman–Crippen MR) is 101 cm³/mol. The summed E-state index contributed by atoms with van der Waals surface area (Å²) in [5.41, 5.74) is 1.15. The lowest BCUT2D eigenvalue weighted by Crippen LogP contribution is -2.41. The summed E-state index contributed by atoms with van der Waals surface area (Å²) >= 11 is 0. The molecule has 7 heteroatoms. The molecule has 0 bridgehead atoms. The maximum atomic E-state index is 12.8. The van der Waals surface area contributed by atoms with Crippen LogP contribution in [0.4, 0.5) is 0 Å². The molecule has 3 heterocycles. The summed E-state index contributed by atoms with van der Waals surface area (Å²) in [7, 11) is 0. The zero-order valence-corrected chi connectivity index (χ0v) is 16.0. The summed E-state index contributed by atoms with van der Waals surface area (Å²) in [5, 5.41) is 10.4. The second kappa shape index (κ2) is 10.3. The Hall–Kier alpha value is -0.780. The number of amides is 1. The second-order valence-corrected chi connectivity index (χ2v) is 6.92. The molecule has 3 rings (SSSR count). The quantitative estimate of drug-likeness (QED) is 0.846. The fourth-order valence-corrected chi connectivity index (χ4v) is 3.94. The van der Waals surface area contributed by atoms with Crippen LogP contribution in [0, 0.1) is 11.8 Å². The molecule has 1 amide bonds. The van der Waals surface area contributed by atoms with E-state index >= 15 is 0 Å². The number of carbonyl (C=O) groups excluding carboxylic acids is 1. The molecule has 24 heavy (non-hydrogen) atoms. The number of hydrogen-bond donors (Lipinski definition) is 2. The van der Waals surface area contributed by atoms with Gasteiger partial charge in [-0.1, -0.05) is 6.92 Å². The van der Waals surface area contributed by atoms with Gasteiger partial charge in [0.25, 0.3) is 0 Å². The number of H-pyrrole nitrogens is 1. The lowest BCUT2D eigenvalue weighted by Gasteiger charge is -2.37. The molecule has 2 saturated heterocycles. The number of aromatic amines is 1. The molecule has 2 N–H and O–H groups in total. The van der Waals surface area contributed by atoms with Crippen LogP contribution in [0.15, 0.2) is 12.4 Å². The van der Waals surface area contributed by atoms with Gasteiger partial charge in [-0.05, 0) is 57.0 Å². The Morgan fingerprint density at radius 3 is 2.83 bits per heavy atom. The summed E-state index contributed by atoms with van der Waals surface area (Å²) in [6.45, 7) is 5.34. The Morgan fingerprint density at radius 1 is 1.33 bits per heavy atom. The largest absolute Gasteiger partial charge is 0.336 e. The van der Waals surface area contributed by atoms with Gasteiger partial charge in [0.15, 0.2) is 0 Å². The Bertz CT molecular complexity index is 477. The normalized spacial score (nSPS) is 25.3. The number of aromatic nitrogens is 2.